The van der Waals surface area contributed by atoms with Crippen molar-refractivity contribution in [2.75, 3.05) is 11.5 Å². The first-order chi connectivity index (χ1) is 12.9. The van der Waals surface area contributed by atoms with Gasteiger partial charge in [0, 0.05) is 28.1 Å². The van der Waals surface area contributed by atoms with E-state index in [1.807, 2.05) is 26.0 Å². The number of nitrogens with two attached hydrogens (primary N) is 1. The van der Waals surface area contributed by atoms with E-state index in [9.17, 15) is 4.79 Å². The van der Waals surface area contributed by atoms with Crippen LogP contribution in [-0.2, 0) is 4.79 Å². The minimum atomic E-state index is -0.942. The summed E-state index contributed by atoms with van der Waals surface area (Å²) in [5.74, 6) is 1.07. The average Bonchev–Trinajstić information content (AvgIpc) is 2.69. The molecule has 0 aliphatic carbocycles. The molecule has 0 aromatic carbocycles. The van der Waals surface area contributed by atoms with Crippen LogP contribution in [-0.4, -0.2) is 33.6 Å². The van der Waals surface area contributed by atoms with Crippen LogP contribution in [0.4, 0.5) is 0 Å². The third-order valence-electron chi connectivity index (χ3n) is 3.83. The van der Waals surface area contributed by atoms with Crippen molar-refractivity contribution in [3.8, 4) is 0 Å². The van der Waals surface area contributed by atoms with Gasteiger partial charge >= 0.3 is 5.97 Å². The first-order valence-electron chi connectivity index (χ1n) is 9.07. The molecule has 6 heteroatoms. The number of thioether (sulfide) groups is 1. The second-order valence-corrected chi connectivity index (χ2v) is 7.31. The highest BCUT2D eigenvalue weighted by Gasteiger charge is 2.12. The molecule has 0 fully saturated rings. The first-order valence-corrected chi connectivity index (χ1v) is 10.6. The van der Waals surface area contributed by atoms with Gasteiger partial charge in [0.25, 0.3) is 0 Å². The van der Waals surface area contributed by atoms with Crippen LogP contribution >= 0.6 is 23.4 Å². The molecule has 0 radical (unpaired) electrons. The smallest absolute Gasteiger partial charge is 0.320 e. The molecule has 0 aliphatic rings. The number of halogens is 1. The molecule has 1 heterocycles. The molecule has 0 saturated heterocycles. The molecular weight excluding hydrogens is 380 g/mol. The number of nitrogens with zero attached hydrogens (tertiary/aromatic N) is 1. The quantitative estimate of drug-likeness (QED) is 0.374. The van der Waals surface area contributed by atoms with Crippen LogP contribution < -0.4 is 5.73 Å². The van der Waals surface area contributed by atoms with E-state index in [2.05, 4.69) is 25.1 Å². The van der Waals surface area contributed by atoms with Crippen molar-refractivity contribution in [1.82, 2.24) is 4.98 Å². The Morgan fingerprint density at radius 3 is 2.41 bits per heavy atom. The lowest BCUT2D eigenvalue weighted by molar-refractivity contribution is -0.138. The molecule has 27 heavy (non-hydrogen) atoms. The fraction of sp³-hybridized carbons (Fsp3) is 0.429. The zero-order valence-electron chi connectivity index (χ0n) is 16.5. The van der Waals surface area contributed by atoms with E-state index in [1.165, 1.54) is 0 Å². The van der Waals surface area contributed by atoms with Crippen LogP contribution in [0.25, 0.3) is 5.57 Å². The standard InChI is InChI=1S/C19H25ClN2O2S.C2H6/c1-4-15(16(20)5-2)14-6-7-18(22-12-14)13(3)8-10-25-11-9-17(21)19(23)24;1-2/h4-7,12-13,17H,1-2,8-11,21H2,3H3,(H,23,24);1-2H3/b16-15-;. The van der Waals surface area contributed by atoms with Crippen molar-refractivity contribution in [3.05, 3.63) is 59.9 Å². The third-order valence-corrected chi connectivity index (χ3v) is 5.24. The number of aliphatic carboxylic acids is 1. The van der Waals surface area contributed by atoms with Crippen molar-refractivity contribution in [3.63, 3.8) is 0 Å². The van der Waals surface area contributed by atoms with Crippen LogP contribution in [0.5, 0.6) is 0 Å². The lowest BCUT2D eigenvalue weighted by atomic mass is 10.0. The summed E-state index contributed by atoms with van der Waals surface area (Å²) in [6.45, 7) is 13.6. The number of carboxylic acid groups (broad SMARTS) is 1. The predicted octanol–water partition coefficient (Wildman–Crippen LogP) is 5.46. The van der Waals surface area contributed by atoms with Crippen molar-refractivity contribution in [2.24, 2.45) is 5.73 Å². The Labute approximate surface area is 172 Å². The molecule has 1 aromatic rings. The van der Waals surface area contributed by atoms with Gasteiger partial charge in [0.2, 0.25) is 0 Å². The molecule has 0 amide bonds. The molecule has 0 saturated carbocycles. The summed E-state index contributed by atoms with van der Waals surface area (Å²) in [6, 6.07) is 3.22. The molecule has 0 aliphatic heterocycles. The molecule has 1 aromatic heterocycles. The lowest BCUT2D eigenvalue weighted by Gasteiger charge is -2.12. The minimum Gasteiger partial charge on any atom is -0.480 e. The van der Waals surface area contributed by atoms with E-state index in [1.54, 1.807) is 30.1 Å². The van der Waals surface area contributed by atoms with Gasteiger partial charge in [-0.1, -0.05) is 63.7 Å². The third kappa shape index (κ3) is 9.27. The van der Waals surface area contributed by atoms with Crippen LogP contribution in [0.15, 0.2) is 48.7 Å². The summed E-state index contributed by atoms with van der Waals surface area (Å²) in [4.78, 5) is 15.2. The molecule has 0 spiro atoms. The summed E-state index contributed by atoms with van der Waals surface area (Å²) in [6.07, 6.45) is 6.54. The van der Waals surface area contributed by atoms with Crippen molar-refractivity contribution >= 4 is 34.9 Å². The molecule has 150 valence electrons. The van der Waals surface area contributed by atoms with Gasteiger partial charge in [-0.2, -0.15) is 11.8 Å². The predicted molar refractivity (Wildman–Crippen MR) is 119 cm³/mol. The summed E-state index contributed by atoms with van der Waals surface area (Å²) in [5.41, 5.74) is 8.22. The topological polar surface area (TPSA) is 76.2 Å². The largest absolute Gasteiger partial charge is 0.480 e. The van der Waals surface area contributed by atoms with E-state index in [0.717, 1.165) is 34.8 Å². The molecule has 2 unspecified atom stereocenters. The SMILES string of the molecule is C=C/C(Cl)=C(\C=C)c1ccc(C(C)CCSCCC(N)C(=O)O)nc1.CC. The summed E-state index contributed by atoms with van der Waals surface area (Å²) in [7, 11) is 0. The highest BCUT2D eigenvalue weighted by Crippen LogP contribution is 2.25. The number of allylic oxidation sites excluding steroid dienone is 4. The Hall–Kier alpha value is -1.56. The first kappa shape index (κ1) is 25.4. The molecule has 1 rings (SSSR count). The fourth-order valence-electron chi connectivity index (χ4n) is 2.16. The highest BCUT2D eigenvalue weighted by molar-refractivity contribution is 7.99. The number of aromatic nitrogens is 1. The monoisotopic (exact) mass is 410 g/mol. The van der Waals surface area contributed by atoms with E-state index in [4.69, 9.17) is 22.4 Å². The molecule has 2 atom stereocenters. The lowest BCUT2D eigenvalue weighted by Crippen LogP contribution is -2.30. The zero-order chi connectivity index (χ0) is 20.8. The minimum absolute atomic E-state index is 0.320. The van der Waals surface area contributed by atoms with Crippen LogP contribution in [0, 0.1) is 0 Å². The maximum Gasteiger partial charge on any atom is 0.320 e. The van der Waals surface area contributed by atoms with Crippen molar-refractivity contribution in [1.29, 1.82) is 0 Å². The Kier molecular flexibility index (Phi) is 13.7. The number of carbonyl (C=O) groups is 1. The maximum atomic E-state index is 10.6. The zero-order valence-corrected chi connectivity index (χ0v) is 18.0. The number of rotatable bonds is 11. The van der Waals surface area contributed by atoms with Gasteiger partial charge in [0.1, 0.15) is 6.04 Å². The Balaban J connectivity index is 0.00000326. The molecule has 0 bridgehead atoms. The van der Waals surface area contributed by atoms with E-state index >= 15 is 0 Å². The second kappa shape index (κ2) is 14.5. The van der Waals surface area contributed by atoms with Gasteiger partial charge in [0.15, 0.2) is 0 Å². The van der Waals surface area contributed by atoms with Gasteiger partial charge in [0.05, 0.1) is 0 Å². The summed E-state index contributed by atoms with van der Waals surface area (Å²) in [5, 5.41) is 9.29. The van der Waals surface area contributed by atoms with Gasteiger partial charge in [-0.05, 0) is 36.3 Å². The van der Waals surface area contributed by atoms with Crippen molar-refractivity contribution < 1.29 is 9.90 Å². The van der Waals surface area contributed by atoms with Gasteiger partial charge in [-0.15, -0.1) is 0 Å². The molecular formula is C21H31ClN2O2S. The van der Waals surface area contributed by atoms with Crippen LogP contribution in [0.1, 0.15) is 50.8 Å². The maximum absolute atomic E-state index is 10.6. The average molecular weight is 411 g/mol. The highest BCUT2D eigenvalue weighted by atomic mass is 35.5. The van der Waals surface area contributed by atoms with Gasteiger partial charge < -0.3 is 10.8 Å². The van der Waals surface area contributed by atoms with E-state index in [-0.39, 0.29) is 0 Å². The van der Waals surface area contributed by atoms with Crippen LogP contribution in [0.2, 0.25) is 0 Å². The molecule has 4 nitrogen and oxygen atoms in total. The number of carboxylic acids is 1. The summed E-state index contributed by atoms with van der Waals surface area (Å²) >= 11 is 7.84. The van der Waals surface area contributed by atoms with Gasteiger partial charge in [-0.3, -0.25) is 9.78 Å². The Morgan fingerprint density at radius 2 is 1.93 bits per heavy atom. The fourth-order valence-corrected chi connectivity index (χ4v) is 3.49. The Bertz CT molecular complexity index is 630. The second-order valence-electron chi connectivity index (χ2n) is 5.68. The van der Waals surface area contributed by atoms with E-state index < -0.39 is 12.0 Å². The van der Waals surface area contributed by atoms with Crippen molar-refractivity contribution in [2.45, 2.75) is 45.6 Å². The van der Waals surface area contributed by atoms with Gasteiger partial charge in [-0.25, -0.2) is 0 Å². The number of pyridine rings is 1. The number of hydrogen-bond acceptors (Lipinski definition) is 4. The number of hydrogen-bond donors (Lipinski definition) is 2. The van der Waals surface area contributed by atoms with E-state index in [0.29, 0.717) is 17.4 Å². The summed E-state index contributed by atoms with van der Waals surface area (Å²) < 4.78 is 0. The Morgan fingerprint density at radius 1 is 1.30 bits per heavy atom. The normalized spacial score (nSPS) is 13.5. The molecule has 3 N–H and O–H groups in total. The van der Waals surface area contributed by atoms with Crippen LogP contribution in [0.3, 0.4) is 0 Å².